The number of aliphatic hydroxyl groups excluding tert-OH is 2. The maximum absolute atomic E-state index is 10.5. The van der Waals surface area contributed by atoms with Gasteiger partial charge in [-0.15, -0.1) is 0 Å². The molecule has 6 rings (SSSR count). The molecule has 0 bridgehead atoms. The molecule has 5 atom stereocenters. The van der Waals surface area contributed by atoms with Crippen LogP contribution in [0.25, 0.3) is 32.3 Å². The maximum Gasteiger partial charge on any atom is 0.496 e. The van der Waals surface area contributed by atoms with Gasteiger partial charge in [0, 0.05) is 0 Å². The summed E-state index contributed by atoms with van der Waals surface area (Å²) in [5.74, 6) is 0. The zero-order chi connectivity index (χ0) is 19.7. The molecule has 2 aliphatic rings. The molecule has 2 fully saturated rings. The van der Waals surface area contributed by atoms with Crippen LogP contribution in [0.5, 0.6) is 0 Å². The monoisotopic (exact) mass is 388 g/mol. The Kier molecular flexibility index (Phi) is 3.88. The molecule has 2 heterocycles. The summed E-state index contributed by atoms with van der Waals surface area (Å²) >= 11 is 0. The van der Waals surface area contributed by atoms with Gasteiger partial charge in [0.15, 0.2) is 6.29 Å². The van der Waals surface area contributed by atoms with Crippen LogP contribution in [-0.4, -0.2) is 48.0 Å². The fraction of sp³-hybridized carbons (Fsp3) is 0.304. The van der Waals surface area contributed by atoms with Crippen molar-refractivity contribution in [2.24, 2.45) is 0 Å². The van der Waals surface area contributed by atoms with Crippen molar-refractivity contribution in [3.63, 3.8) is 0 Å². The van der Waals surface area contributed by atoms with E-state index in [-0.39, 0.29) is 0 Å². The summed E-state index contributed by atoms with van der Waals surface area (Å²) < 4.78 is 18.0. The highest BCUT2D eigenvalue weighted by molar-refractivity contribution is 6.65. The SMILES string of the molecule is CCC1OC2OB(c3ccc4ccc5cccc6ccc3c4c56)OC2C(O)C1O. The zero-order valence-corrected chi connectivity index (χ0v) is 16.0. The molecule has 4 aromatic carbocycles. The lowest BCUT2D eigenvalue weighted by atomic mass is 9.75. The summed E-state index contributed by atoms with van der Waals surface area (Å²) in [5.41, 5.74) is 0.906. The van der Waals surface area contributed by atoms with Crippen molar-refractivity contribution in [3.8, 4) is 0 Å². The van der Waals surface area contributed by atoms with E-state index in [1.807, 2.05) is 13.0 Å². The Hall–Kier alpha value is -2.22. The second-order valence-electron chi connectivity index (χ2n) is 8.01. The van der Waals surface area contributed by atoms with Crippen LogP contribution in [0.4, 0.5) is 0 Å². The van der Waals surface area contributed by atoms with Gasteiger partial charge in [-0.3, -0.25) is 0 Å². The molecule has 4 aromatic rings. The van der Waals surface area contributed by atoms with E-state index >= 15 is 0 Å². The summed E-state index contributed by atoms with van der Waals surface area (Å²) in [6.45, 7) is 1.91. The molecule has 0 spiro atoms. The van der Waals surface area contributed by atoms with Crippen molar-refractivity contribution in [1.29, 1.82) is 0 Å². The molecule has 0 saturated carbocycles. The average Bonchev–Trinajstić information content (AvgIpc) is 3.18. The lowest BCUT2D eigenvalue weighted by molar-refractivity contribution is -0.243. The van der Waals surface area contributed by atoms with Crippen molar-refractivity contribution in [3.05, 3.63) is 54.6 Å². The quantitative estimate of drug-likeness (QED) is 0.408. The van der Waals surface area contributed by atoms with Gasteiger partial charge < -0.3 is 24.3 Å². The summed E-state index contributed by atoms with van der Waals surface area (Å²) in [5, 5.41) is 27.9. The largest absolute Gasteiger partial charge is 0.496 e. The summed E-state index contributed by atoms with van der Waals surface area (Å²) in [6.07, 6.45) is -3.30. The molecule has 0 aromatic heterocycles. The van der Waals surface area contributed by atoms with E-state index < -0.39 is 37.8 Å². The highest BCUT2D eigenvalue weighted by Crippen LogP contribution is 2.36. The molecule has 0 radical (unpaired) electrons. The fourth-order valence-corrected chi connectivity index (χ4v) is 4.90. The van der Waals surface area contributed by atoms with E-state index in [1.54, 1.807) is 0 Å². The number of fused-ring (bicyclic) bond motifs is 1. The average molecular weight is 388 g/mol. The minimum atomic E-state index is -1.04. The van der Waals surface area contributed by atoms with Gasteiger partial charge in [0.1, 0.15) is 18.3 Å². The topological polar surface area (TPSA) is 68.2 Å². The number of rotatable bonds is 2. The molecule has 2 aliphatic heterocycles. The molecule has 2 saturated heterocycles. The smallest absolute Gasteiger partial charge is 0.396 e. The molecule has 2 N–H and O–H groups in total. The highest BCUT2D eigenvalue weighted by atomic mass is 16.8. The van der Waals surface area contributed by atoms with Crippen LogP contribution >= 0.6 is 0 Å². The molecule has 0 amide bonds. The minimum Gasteiger partial charge on any atom is -0.396 e. The van der Waals surface area contributed by atoms with Crippen LogP contribution in [0.1, 0.15) is 13.3 Å². The lowest BCUT2D eigenvalue weighted by Gasteiger charge is -2.38. The van der Waals surface area contributed by atoms with Crippen molar-refractivity contribution in [2.75, 3.05) is 0 Å². The van der Waals surface area contributed by atoms with Crippen LogP contribution in [0, 0.1) is 0 Å². The van der Waals surface area contributed by atoms with Crippen molar-refractivity contribution >= 4 is 44.9 Å². The van der Waals surface area contributed by atoms with Crippen LogP contribution in [0.15, 0.2) is 54.6 Å². The third-order valence-electron chi connectivity index (χ3n) is 6.40. The Morgan fingerprint density at radius 3 is 2.28 bits per heavy atom. The van der Waals surface area contributed by atoms with Crippen LogP contribution in [0.2, 0.25) is 0 Å². The van der Waals surface area contributed by atoms with Gasteiger partial charge in [-0.1, -0.05) is 61.5 Å². The Balaban J connectivity index is 1.47. The Bertz CT molecular complexity index is 1190. The van der Waals surface area contributed by atoms with Crippen molar-refractivity contribution in [2.45, 2.75) is 44.1 Å². The van der Waals surface area contributed by atoms with Crippen LogP contribution in [-0.2, 0) is 14.0 Å². The number of hydrogen-bond acceptors (Lipinski definition) is 5. The summed E-state index contributed by atoms with van der Waals surface area (Å²) in [7, 11) is -0.660. The first kappa shape index (κ1) is 17.6. The standard InChI is InChI=1S/C23H21BO5/c1-2-17-20(25)21(26)22-23(27-17)29-24(28-22)16-11-9-14-7-6-12-4-3-5-13-8-10-15(16)19(14)18(12)13/h3-11,17,20-23,25-26H,2H2,1H3. The maximum atomic E-state index is 10.5. The molecular formula is C23H21BO5. The molecule has 29 heavy (non-hydrogen) atoms. The normalized spacial score (nSPS) is 29.9. The van der Waals surface area contributed by atoms with Crippen LogP contribution < -0.4 is 5.46 Å². The molecule has 5 unspecified atom stereocenters. The predicted octanol–water partition coefficient (Wildman–Crippen LogP) is 2.55. The van der Waals surface area contributed by atoms with Gasteiger partial charge >= 0.3 is 7.12 Å². The second-order valence-corrected chi connectivity index (χ2v) is 8.01. The number of aliphatic hydroxyl groups is 2. The van der Waals surface area contributed by atoms with E-state index in [4.69, 9.17) is 14.0 Å². The highest BCUT2D eigenvalue weighted by Gasteiger charge is 2.52. The van der Waals surface area contributed by atoms with Crippen molar-refractivity contribution in [1.82, 2.24) is 0 Å². The fourth-order valence-electron chi connectivity index (χ4n) is 4.90. The van der Waals surface area contributed by atoms with Gasteiger partial charge in [-0.2, -0.15) is 0 Å². The molecule has 6 heteroatoms. The first-order valence-electron chi connectivity index (χ1n) is 10.1. The number of ether oxygens (including phenoxy) is 1. The third kappa shape index (κ3) is 2.47. The van der Waals surface area contributed by atoms with Gasteiger partial charge in [0.25, 0.3) is 0 Å². The molecular weight excluding hydrogens is 367 g/mol. The van der Waals surface area contributed by atoms with Crippen molar-refractivity contribution < 1.29 is 24.3 Å². The zero-order valence-electron chi connectivity index (χ0n) is 16.0. The predicted molar refractivity (Wildman–Crippen MR) is 112 cm³/mol. The molecule has 0 aliphatic carbocycles. The lowest BCUT2D eigenvalue weighted by Crippen LogP contribution is -2.56. The van der Waals surface area contributed by atoms with E-state index in [2.05, 4.69) is 48.5 Å². The van der Waals surface area contributed by atoms with E-state index in [1.165, 1.54) is 26.9 Å². The van der Waals surface area contributed by atoms with E-state index in [9.17, 15) is 10.2 Å². The third-order valence-corrected chi connectivity index (χ3v) is 6.40. The van der Waals surface area contributed by atoms with Gasteiger partial charge in [0.05, 0.1) is 6.10 Å². The summed E-state index contributed by atoms with van der Waals surface area (Å²) in [6, 6.07) is 18.9. The number of hydrogen-bond donors (Lipinski definition) is 2. The van der Waals surface area contributed by atoms with E-state index in [0.29, 0.717) is 6.42 Å². The van der Waals surface area contributed by atoms with Gasteiger partial charge in [-0.05, 0) is 44.2 Å². The van der Waals surface area contributed by atoms with E-state index in [0.717, 1.165) is 10.8 Å². The first-order chi connectivity index (χ1) is 14.2. The molecule has 5 nitrogen and oxygen atoms in total. The van der Waals surface area contributed by atoms with Gasteiger partial charge in [-0.25, -0.2) is 0 Å². The number of benzene rings is 4. The minimum absolute atomic E-state index is 0.463. The summed E-state index contributed by atoms with van der Waals surface area (Å²) in [4.78, 5) is 0. The molecule has 146 valence electrons. The van der Waals surface area contributed by atoms with Gasteiger partial charge in [0.2, 0.25) is 0 Å². The van der Waals surface area contributed by atoms with Crippen LogP contribution in [0.3, 0.4) is 0 Å². The Morgan fingerprint density at radius 1 is 0.828 bits per heavy atom. The Morgan fingerprint density at radius 2 is 1.52 bits per heavy atom. The Labute approximate surface area is 168 Å². The second kappa shape index (κ2) is 6.39. The first-order valence-corrected chi connectivity index (χ1v) is 10.1.